The van der Waals surface area contributed by atoms with E-state index in [0.29, 0.717) is 17.5 Å². The van der Waals surface area contributed by atoms with Crippen LogP contribution in [0.2, 0.25) is 0 Å². The van der Waals surface area contributed by atoms with Crippen molar-refractivity contribution in [2.45, 2.75) is 27.2 Å². The number of amides is 1. The van der Waals surface area contributed by atoms with Gasteiger partial charge in [-0.15, -0.1) is 0 Å². The van der Waals surface area contributed by atoms with E-state index in [4.69, 9.17) is 0 Å². The van der Waals surface area contributed by atoms with Crippen LogP contribution in [0, 0.1) is 18.8 Å². The molecule has 0 radical (unpaired) electrons. The first-order valence-corrected chi connectivity index (χ1v) is 7.94. The first-order valence-electron chi connectivity index (χ1n) is 7.94. The fraction of sp³-hybridized carbons (Fsp3) is 0.444. The quantitative estimate of drug-likeness (QED) is 0.922. The predicted octanol–water partition coefficient (Wildman–Crippen LogP) is 3.50. The lowest BCUT2D eigenvalue weighted by Crippen LogP contribution is -2.42. The van der Waals surface area contributed by atoms with Crippen LogP contribution in [0.3, 0.4) is 0 Å². The Morgan fingerprint density at radius 2 is 1.82 bits per heavy atom. The summed E-state index contributed by atoms with van der Waals surface area (Å²) in [5.41, 5.74) is 3.64. The molecule has 4 nitrogen and oxygen atoms in total. The lowest BCUT2D eigenvalue weighted by molar-refractivity contribution is 0.0617. The van der Waals surface area contributed by atoms with Crippen LogP contribution in [0.15, 0.2) is 30.3 Å². The highest BCUT2D eigenvalue weighted by Crippen LogP contribution is 2.23. The fourth-order valence-corrected chi connectivity index (χ4v) is 3.30. The van der Waals surface area contributed by atoms with Crippen molar-refractivity contribution < 1.29 is 4.79 Å². The number of piperidine rings is 1. The van der Waals surface area contributed by atoms with Gasteiger partial charge in [0.25, 0.3) is 5.91 Å². The molecule has 3 rings (SSSR count). The van der Waals surface area contributed by atoms with E-state index in [9.17, 15) is 4.79 Å². The van der Waals surface area contributed by atoms with E-state index in [0.717, 1.165) is 24.3 Å². The molecular weight excluding hydrogens is 274 g/mol. The largest absolute Gasteiger partial charge is 0.337 e. The Kier molecular flexibility index (Phi) is 4.01. The van der Waals surface area contributed by atoms with Crippen molar-refractivity contribution in [3.05, 3.63) is 41.6 Å². The van der Waals surface area contributed by atoms with Gasteiger partial charge in [-0.3, -0.25) is 9.89 Å². The van der Waals surface area contributed by atoms with E-state index >= 15 is 0 Å². The summed E-state index contributed by atoms with van der Waals surface area (Å²) < 4.78 is 0. The highest BCUT2D eigenvalue weighted by molar-refractivity contribution is 5.93. The minimum Gasteiger partial charge on any atom is -0.337 e. The number of rotatable bonds is 2. The number of likely N-dealkylation sites (tertiary alicyclic amines) is 1. The number of nitrogens with one attached hydrogen (secondary N) is 1. The molecule has 1 fully saturated rings. The zero-order valence-corrected chi connectivity index (χ0v) is 13.5. The lowest BCUT2D eigenvalue weighted by Gasteiger charge is -2.34. The Hall–Kier alpha value is -2.10. The topological polar surface area (TPSA) is 49.0 Å². The Balaban J connectivity index is 1.78. The van der Waals surface area contributed by atoms with Gasteiger partial charge in [-0.25, -0.2) is 0 Å². The number of carbonyl (C=O) groups excluding carboxylic acids is 1. The highest BCUT2D eigenvalue weighted by atomic mass is 16.2. The molecule has 1 N–H and O–H groups in total. The number of aromatic nitrogens is 2. The molecule has 2 aromatic rings. The van der Waals surface area contributed by atoms with Gasteiger partial charge in [0.2, 0.25) is 0 Å². The van der Waals surface area contributed by atoms with Gasteiger partial charge in [0, 0.05) is 18.7 Å². The average Bonchev–Trinajstić information content (AvgIpc) is 2.96. The number of H-pyrrole nitrogens is 1. The molecule has 4 heteroatoms. The van der Waals surface area contributed by atoms with E-state index in [2.05, 4.69) is 43.1 Å². The van der Waals surface area contributed by atoms with Crippen LogP contribution in [0.1, 0.15) is 36.3 Å². The first-order chi connectivity index (χ1) is 10.5. The van der Waals surface area contributed by atoms with Crippen molar-refractivity contribution in [2.24, 2.45) is 11.8 Å². The monoisotopic (exact) mass is 297 g/mol. The van der Waals surface area contributed by atoms with Gasteiger partial charge in [-0.05, 0) is 31.2 Å². The number of aryl methyl sites for hydroxylation is 1. The maximum Gasteiger partial charge on any atom is 0.271 e. The molecule has 0 unspecified atom stereocenters. The molecule has 2 atom stereocenters. The van der Waals surface area contributed by atoms with Crippen molar-refractivity contribution in [1.29, 1.82) is 0 Å². The van der Waals surface area contributed by atoms with Crippen LogP contribution >= 0.6 is 0 Å². The molecule has 2 heterocycles. The summed E-state index contributed by atoms with van der Waals surface area (Å²) in [6.45, 7) is 8.15. The summed E-state index contributed by atoms with van der Waals surface area (Å²) in [4.78, 5) is 14.6. The molecule has 1 aliphatic rings. The number of benzene rings is 1. The fourth-order valence-electron chi connectivity index (χ4n) is 3.30. The molecule has 1 amide bonds. The normalized spacial score (nSPS) is 21.9. The van der Waals surface area contributed by atoms with Crippen LogP contribution in [0.4, 0.5) is 0 Å². The molecule has 1 aromatic heterocycles. The van der Waals surface area contributed by atoms with Gasteiger partial charge >= 0.3 is 0 Å². The summed E-state index contributed by atoms with van der Waals surface area (Å²) in [6, 6.07) is 10.0. The average molecular weight is 297 g/mol. The Morgan fingerprint density at radius 3 is 2.45 bits per heavy atom. The van der Waals surface area contributed by atoms with Crippen LogP contribution in [-0.2, 0) is 0 Å². The van der Waals surface area contributed by atoms with Crippen LogP contribution < -0.4 is 0 Å². The number of carbonyl (C=O) groups is 1. The standard InChI is InChI=1S/C18H23N3O/c1-12-4-6-15(7-5-12)16-9-17(20-19-16)18(22)21-10-13(2)8-14(3)11-21/h4-7,9,13-14H,8,10-11H2,1-3H3,(H,19,20)/t13-,14+. The summed E-state index contributed by atoms with van der Waals surface area (Å²) in [5, 5.41) is 7.20. The van der Waals surface area contributed by atoms with Crippen molar-refractivity contribution in [3.8, 4) is 11.3 Å². The zero-order valence-electron chi connectivity index (χ0n) is 13.5. The smallest absolute Gasteiger partial charge is 0.271 e. The number of hydrogen-bond donors (Lipinski definition) is 1. The van der Waals surface area contributed by atoms with Crippen LogP contribution in [-0.4, -0.2) is 34.1 Å². The zero-order chi connectivity index (χ0) is 15.7. The molecular formula is C18H23N3O. The third-order valence-corrected chi connectivity index (χ3v) is 4.31. The summed E-state index contributed by atoms with van der Waals surface area (Å²) in [7, 11) is 0. The second-order valence-corrected chi connectivity index (χ2v) is 6.69. The van der Waals surface area contributed by atoms with Gasteiger partial charge in [-0.2, -0.15) is 5.10 Å². The molecule has 1 aliphatic heterocycles. The second kappa shape index (κ2) is 5.95. The van der Waals surface area contributed by atoms with Gasteiger partial charge in [-0.1, -0.05) is 43.7 Å². The molecule has 0 spiro atoms. The minimum absolute atomic E-state index is 0.0595. The Morgan fingerprint density at radius 1 is 1.18 bits per heavy atom. The van der Waals surface area contributed by atoms with Crippen molar-refractivity contribution in [2.75, 3.05) is 13.1 Å². The molecule has 1 aromatic carbocycles. The van der Waals surface area contributed by atoms with Gasteiger partial charge < -0.3 is 4.90 Å². The van der Waals surface area contributed by atoms with E-state index in [1.54, 1.807) is 0 Å². The van der Waals surface area contributed by atoms with Crippen LogP contribution in [0.25, 0.3) is 11.3 Å². The second-order valence-electron chi connectivity index (χ2n) is 6.69. The van der Waals surface area contributed by atoms with Crippen molar-refractivity contribution in [3.63, 3.8) is 0 Å². The number of nitrogens with zero attached hydrogens (tertiary/aromatic N) is 2. The van der Waals surface area contributed by atoms with Gasteiger partial charge in [0.05, 0.1) is 5.69 Å². The maximum atomic E-state index is 12.6. The molecule has 0 aliphatic carbocycles. The summed E-state index contributed by atoms with van der Waals surface area (Å²) in [6.07, 6.45) is 1.20. The van der Waals surface area contributed by atoms with E-state index in [1.807, 2.05) is 23.1 Å². The Bertz CT molecular complexity index is 649. The highest BCUT2D eigenvalue weighted by Gasteiger charge is 2.27. The number of aromatic amines is 1. The third-order valence-electron chi connectivity index (χ3n) is 4.31. The molecule has 22 heavy (non-hydrogen) atoms. The molecule has 1 saturated heterocycles. The SMILES string of the molecule is Cc1ccc(-c2cc(C(=O)N3C[C@H](C)C[C@H](C)C3)[nH]n2)cc1. The van der Waals surface area contributed by atoms with Crippen molar-refractivity contribution in [1.82, 2.24) is 15.1 Å². The molecule has 0 saturated carbocycles. The van der Waals surface area contributed by atoms with E-state index < -0.39 is 0 Å². The Labute approximate surface area is 131 Å². The van der Waals surface area contributed by atoms with Gasteiger partial charge in [0.1, 0.15) is 5.69 Å². The van der Waals surface area contributed by atoms with Gasteiger partial charge in [0.15, 0.2) is 0 Å². The number of hydrogen-bond acceptors (Lipinski definition) is 2. The van der Waals surface area contributed by atoms with E-state index in [1.165, 1.54) is 12.0 Å². The third kappa shape index (κ3) is 3.06. The lowest BCUT2D eigenvalue weighted by atomic mass is 9.92. The summed E-state index contributed by atoms with van der Waals surface area (Å²) in [5.74, 6) is 1.18. The summed E-state index contributed by atoms with van der Waals surface area (Å²) >= 11 is 0. The predicted molar refractivity (Wildman–Crippen MR) is 87.6 cm³/mol. The molecule has 0 bridgehead atoms. The van der Waals surface area contributed by atoms with E-state index in [-0.39, 0.29) is 5.91 Å². The first kappa shape index (κ1) is 14.8. The molecule has 116 valence electrons. The maximum absolute atomic E-state index is 12.6. The van der Waals surface area contributed by atoms with Crippen molar-refractivity contribution >= 4 is 5.91 Å². The minimum atomic E-state index is 0.0595. The van der Waals surface area contributed by atoms with Crippen LogP contribution in [0.5, 0.6) is 0 Å².